The number of hydrogen-bond acceptors (Lipinski definition) is 3. The van der Waals surface area contributed by atoms with Gasteiger partial charge in [-0.25, -0.2) is 0 Å². The van der Waals surface area contributed by atoms with Crippen molar-refractivity contribution in [1.29, 1.82) is 0 Å². The molecule has 1 rings (SSSR count). The van der Waals surface area contributed by atoms with Crippen LogP contribution < -0.4 is 11.1 Å². The van der Waals surface area contributed by atoms with Gasteiger partial charge in [-0.2, -0.15) is 0 Å². The van der Waals surface area contributed by atoms with E-state index < -0.39 is 0 Å². The third-order valence-electron chi connectivity index (χ3n) is 4.33. The number of rotatable bonds is 8. The van der Waals surface area contributed by atoms with E-state index in [4.69, 9.17) is 5.73 Å². The van der Waals surface area contributed by atoms with Gasteiger partial charge < -0.3 is 16.2 Å². The van der Waals surface area contributed by atoms with E-state index in [1.54, 1.807) is 0 Å². The minimum absolute atomic E-state index is 0.0627. The Balaban J connectivity index is 2.19. The van der Waals surface area contributed by atoms with Crippen LogP contribution in [0.4, 0.5) is 0 Å². The highest BCUT2D eigenvalue weighted by Crippen LogP contribution is 2.30. The first kappa shape index (κ1) is 16.4. The van der Waals surface area contributed by atoms with Crippen molar-refractivity contribution in [3.8, 4) is 0 Å². The second kappa shape index (κ2) is 8.54. The van der Waals surface area contributed by atoms with Gasteiger partial charge in [0.05, 0.1) is 0 Å². The van der Waals surface area contributed by atoms with Gasteiger partial charge in [-0.05, 0) is 44.4 Å². The standard InChI is InChI=1S/C15H30N2O2/c1-11(5-3-6-12(2)16)15(19)17-9-13-7-4-8-14(13)10-18/h11-14,18H,3-10,16H2,1-2H3,(H,17,19). The molecular weight excluding hydrogens is 240 g/mol. The molecule has 1 saturated carbocycles. The van der Waals surface area contributed by atoms with Crippen LogP contribution in [0.5, 0.6) is 0 Å². The van der Waals surface area contributed by atoms with Gasteiger partial charge in [-0.3, -0.25) is 4.79 Å². The van der Waals surface area contributed by atoms with E-state index in [1.165, 1.54) is 6.42 Å². The summed E-state index contributed by atoms with van der Waals surface area (Å²) >= 11 is 0. The normalized spacial score (nSPS) is 26.1. The first-order valence-corrected chi connectivity index (χ1v) is 7.68. The Morgan fingerprint density at radius 3 is 2.63 bits per heavy atom. The van der Waals surface area contributed by atoms with Crippen molar-refractivity contribution in [2.45, 2.75) is 58.4 Å². The van der Waals surface area contributed by atoms with Crippen molar-refractivity contribution in [2.75, 3.05) is 13.2 Å². The predicted molar refractivity (Wildman–Crippen MR) is 77.6 cm³/mol. The summed E-state index contributed by atoms with van der Waals surface area (Å²) < 4.78 is 0. The van der Waals surface area contributed by atoms with Crippen molar-refractivity contribution in [3.05, 3.63) is 0 Å². The van der Waals surface area contributed by atoms with Crippen molar-refractivity contribution in [3.63, 3.8) is 0 Å². The van der Waals surface area contributed by atoms with E-state index >= 15 is 0 Å². The van der Waals surface area contributed by atoms with Gasteiger partial charge in [-0.15, -0.1) is 0 Å². The maximum Gasteiger partial charge on any atom is 0.222 e. The van der Waals surface area contributed by atoms with E-state index in [0.29, 0.717) is 11.8 Å². The molecule has 0 saturated heterocycles. The topological polar surface area (TPSA) is 75.4 Å². The maximum absolute atomic E-state index is 12.0. The number of amides is 1. The van der Waals surface area contributed by atoms with Gasteiger partial charge in [0.25, 0.3) is 0 Å². The van der Waals surface area contributed by atoms with Gasteiger partial charge in [0.15, 0.2) is 0 Å². The molecule has 19 heavy (non-hydrogen) atoms. The lowest BCUT2D eigenvalue weighted by atomic mass is 9.96. The number of nitrogens with one attached hydrogen (secondary N) is 1. The molecule has 0 aromatic heterocycles. The SMILES string of the molecule is CC(N)CCCC(C)C(=O)NCC1CCCC1CO. The zero-order valence-electron chi connectivity index (χ0n) is 12.4. The Kier molecular flexibility index (Phi) is 7.39. The molecule has 4 N–H and O–H groups in total. The van der Waals surface area contributed by atoms with Crippen LogP contribution in [-0.2, 0) is 4.79 Å². The summed E-state index contributed by atoms with van der Waals surface area (Å²) in [5, 5.41) is 12.3. The molecule has 4 atom stereocenters. The Labute approximate surface area is 117 Å². The molecule has 0 heterocycles. The lowest BCUT2D eigenvalue weighted by Gasteiger charge is -2.19. The molecule has 0 aromatic carbocycles. The van der Waals surface area contributed by atoms with Crippen molar-refractivity contribution in [1.82, 2.24) is 5.32 Å². The van der Waals surface area contributed by atoms with E-state index in [2.05, 4.69) is 5.32 Å². The summed E-state index contributed by atoms with van der Waals surface area (Å²) in [7, 11) is 0. The fraction of sp³-hybridized carbons (Fsp3) is 0.933. The van der Waals surface area contributed by atoms with Crippen molar-refractivity contribution < 1.29 is 9.90 Å². The van der Waals surface area contributed by atoms with Crippen LogP contribution in [0, 0.1) is 17.8 Å². The number of aliphatic hydroxyl groups excluding tert-OH is 1. The number of hydrogen-bond donors (Lipinski definition) is 3. The van der Waals surface area contributed by atoms with Crippen LogP contribution in [0.3, 0.4) is 0 Å². The molecule has 0 spiro atoms. The smallest absolute Gasteiger partial charge is 0.222 e. The Morgan fingerprint density at radius 2 is 2.00 bits per heavy atom. The van der Waals surface area contributed by atoms with E-state index in [0.717, 1.165) is 38.6 Å². The fourth-order valence-electron chi connectivity index (χ4n) is 2.91. The van der Waals surface area contributed by atoms with Crippen LogP contribution >= 0.6 is 0 Å². The molecule has 0 radical (unpaired) electrons. The number of carbonyl (C=O) groups excluding carboxylic acids is 1. The lowest BCUT2D eigenvalue weighted by Crippen LogP contribution is -2.35. The van der Waals surface area contributed by atoms with Gasteiger partial charge in [-0.1, -0.05) is 19.8 Å². The Hall–Kier alpha value is -0.610. The molecule has 1 fully saturated rings. The molecule has 1 aliphatic rings. The molecule has 4 unspecified atom stereocenters. The molecule has 4 heteroatoms. The molecular formula is C15H30N2O2. The largest absolute Gasteiger partial charge is 0.396 e. The molecule has 0 aromatic rings. The van der Waals surface area contributed by atoms with Gasteiger partial charge in [0, 0.05) is 25.1 Å². The average molecular weight is 270 g/mol. The Bertz CT molecular complexity index is 269. The highest BCUT2D eigenvalue weighted by atomic mass is 16.3. The van der Waals surface area contributed by atoms with Crippen LogP contribution in [0.25, 0.3) is 0 Å². The maximum atomic E-state index is 12.0. The minimum atomic E-state index is 0.0627. The zero-order chi connectivity index (χ0) is 14.3. The molecule has 1 amide bonds. The van der Waals surface area contributed by atoms with Gasteiger partial charge >= 0.3 is 0 Å². The zero-order valence-corrected chi connectivity index (χ0v) is 12.4. The molecule has 0 aliphatic heterocycles. The monoisotopic (exact) mass is 270 g/mol. The third-order valence-corrected chi connectivity index (χ3v) is 4.33. The third kappa shape index (κ3) is 5.91. The number of nitrogens with two attached hydrogens (primary N) is 1. The first-order chi connectivity index (χ1) is 9.04. The van der Waals surface area contributed by atoms with E-state index in [1.807, 2.05) is 13.8 Å². The minimum Gasteiger partial charge on any atom is -0.396 e. The average Bonchev–Trinajstić information content (AvgIpc) is 2.82. The predicted octanol–water partition coefficient (Wildman–Crippen LogP) is 1.66. The van der Waals surface area contributed by atoms with Crippen LogP contribution in [-0.4, -0.2) is 30.2 Å². The summed E-state index contributed by atoms with van der Waals surface area (Å²) in [4.78, 5) is 12.0. The first-order valence-electron chi connectivity index (χ1n) is 7.68. The molecule has 1 aliphatic carbocycles. The Morgan fingerprint density at radius 1 is 1.32 bits per heavy atom. The molecule has 0 bridgehead atoms. The highest BCUT2D eigenvalue weighted by molar-refractivity contribution is 5.78. The second-order valence-corrected chi connectivity index (χ2v) is 6.19. The van der Waals surface area contributed by atoms with E-state index in [9.17, 15) is 9.90 Å². The van der Waals surface area contributed by atoms with Crippen LogP contribution in [0.1, 0.15) is 52.4 Å². The number of aliphatic hydroxyl groups is 1. The van der Waals surface area contributed by atoms with Crippen LogP contribution in [0.2, 0.25) is 0 Å². The summed E-state index contributed by atoms with van der Waals surface area (Å²) in [6.07, 6.45) is 6.30. The molecule has 112 valence electrons. The number of carbonyl (C=O) groups is 1. The van der Waals surface area contributed by atoms with Crippen molar-refractivity contribution in [2.24, 2.45) is 23.5 Å². The van der Waals surface area contributed by atoms with Crippen LogP contribution in [0.15, 0.2) is 0 Å². The van der Waals surface area contributed by atoms with E-state index in [-0.39, 0.29) is 24.5 Å². The summed E-state index contributed by atoms with van der Waals surface area (Å²) in [6, 6.07) is 0.221. The summed E-state index contributed by atoms with van der Waals surface area (Å²) in [5.41, 5.74) is 5.70. The molecule has 4 nitrogen and oxygen atoms in total. The summed E-state index contributed by atoms with van der Waals surface area (Å²) in [5.74, 6) is 1.06. The quantitative estimate of drug-likeness (QED) is 0.628. The lowest BCUT2D eigenvalue weighted by molar-refractivity contribution is -0.125. The van der Waals surface area contributed by atoms with Gasteiger partial charge in [0.1, 0.15) is 0 Å². The van der Waals surface area contributed by atoms with Crippen molar-refractivity contribution >= 4 is 5.91 Å². The summed E-state index contributed by atoms with van der Waals surface area (Å²) in [6.45, 7) is 4.96. The van der Waals surface area contributed by atoms with Gasteiger partial charge in [0.2, 0.25) is 5.91 Å². The highest BCUT2D eigenvalue weighted by Gasteiger charge is 2.27. The fourth-order valence-corrected chi connectivity index (χ4v) is 2.91. The second-order valence-electron chi connectivity index (χ2n) is 6.19.